The predicted molar refractivity (Wildman–Crippen MR) is 61.1 cm³/mol. The van der Waals surface area contributed by atoms with Crippen molar-refractivity contribution in [2.45, 2.75) is 6.54 Å². The summed E-state index contributed by atoms with van der Waals surface area (Å²) in [5.74, 6) is 0.339. The highest BCUT2D eigenvalue weighted by atomic mass is 16.5. The summed E-state index contributed by atoms with van der Waals surface area (Å²) in [6.07, 6.45) is 1.64. The Morgan fingerprint density at radius 3 is 3.18 bits per heavy atom. The molecule has 0 saturated heterocycles. The first-order valence-corrected chi connectivity index (χ1v) is 5.09. The summed E-state index contributed by atoms with van der Waals surface area (Å²) in [6.45, 7) is 0.745. The minimum Gasteiger partial charge on any atom is -0.481 e. The van der Waals surface area contributed by atoms with Crippen molar-refractivity contribution >= 4 is 5.91 Å². The minimum absolute atomic E-state index is 0.0313. The average Bonchev–Trinajstić information content (AvgIpc) is 2.36. The van der Waals surface area contributed by atoms with Crippen molar-refractivity contribution in [3.63, 3.8) is 0 Å². The SMILES string of the molecule is COc1cc(CNCC(=O)NCC#N)ccn1. The number of methoxy groups -OCH3 is 1. The molecule has 0 aromatic carbocycles. The monoisotopic (exact) mass is 234 g/mol. The maximum Gasteiger partial charge on any atom is 0.234 e. The van der Waals surface area contributed by atoms with Crippen LogP contribution in [0.3, 0.4) is 0 Å². The van der Waals surface area contributed by atoms with E-state index in [2.05, 4.69) is 15.6 Å². The standard InChI is InChI=1S/C11H14N4O2/c1-17-11-6-9(2-4-15-11)7-13-8-10(16)14-5-3-12/h2,4,6,13H,5,7-8H2,1H3,(H,14,16). The Morgan fingerprint density at radius 2 is 2.47 bits per heavy atom. The Morgan fingerprint density at radius 1 is 1.65 bits per heavy atom. The number of rotatable bonds is 6. The smallest absolute Gasteiger partial charge is 0.234 e. The highest BCUT2D eigenvalue weighted by Gasteiger charge is 2.00. The lowest BCUT2D eigenvalue weighted by atomic mass is 10.2. The van der Waals surface area contributed by atoms with Crippen LogP contribution in [-0.4, -0.2) is 31.1 Å². The van der Waals surface area contributed by atoms with Crippen molar-refractivity contribution in [2.75, 3.05) is 20.2 Å². The molecule has 6 nitrogen and oxygen atoms in total. The third-order valence-corrected chi connectivity index (χ3v) is 1.99. The van der Waals surface area contributed by atoms with Crippen molar-refractivity contribution in [1.29, 1.82) is 5.26 Å². The number of carbonyl (C=O) groups is 1. The lowest BCUT2D eigenvalue weighted by Gasteiger charge is -2.05. The maximum atomic E-state index is 11.2. The molecule has 0 bridgehead atoms. The number of amides is 1. The van der Waals surface area contributed by atoms with E-state index in [0.717, 1.165) is 5.56 Å². The molecule has 0 saturated carbocycles. The molecule has 0 fully saturated rings. The molecule has 0 unspecified atom stereocenters. The summed E-state index contributed by atoms with van der Waals surface area (Å²) in [4.78, 5) is 15.1. The van der Waals surface area contributed by atoms with Crippen LogP contribution in [0, 0.1) is 11.3 Å². The molecule has 0 aliphatic heterocycles. The highest BCUT2D eigenvalue weighted by Crippen LogP contribution is 2.07. The average molecular weight is 234 g/mol. The molecule has 1 amide bonds. The Hall–Kier alpha value is -2.13. The number of nitrogens with one attached hydrogen (secondary N) is 2. The van der Waals surface area contributed by atoms with Crippen molar-refractivity contribution in [2.24, 2.45) is 0 Å². The predicted octanol–water partition coefficient (Wildman–Crippen LogP) is -0.180. The van der Waals surface area contributed by atoms with Crippen molar-refractivity contribution in [3.8, 4) is 11.9 Å². The Bertz CT molecular complexity index is 414. The molecule has 2 N–H and O–H groups in total. The zero-order chi connectivity index (χ0) is 12.5. The van der Waals surface area contributed by atoms with Crippen LogP contribution in [0.15, 0.2) is 18.3 Å². The molecular weight excluding hydrogens is 220 g/mol. The van der Waals surface area contributed by atoms with Gasteiger partial charge in [0.25, 0.3) is 0 Å². The summed E-state index contributed by atoms with van der Waals surface area (Å²) < 4.78 is 4.98. The van der Waals surface area contributed by atoms with E-state index in [0.29, 0.717) is 12.4 Å². The summed E-state index contributed by atoms with van der Waals surface area (Å²) in [6, 6.07) is 5.47. The van der Waals surface area contributed by atoms with Gasteiger partial charge in [0.15, 0.2) is 0 Å². The minimum atomic E-state index is -0.201. The molecule has 1 rings (SSSR count). The summed E-state index contributed by atoms with van der Waals surface area (Å²) in [5, 5.41) is 13.7. The van der Waals surface area contributed by atoms with Crippen LogP contribution in [0.1, 0.15) is 5.56 Å². The number of ether oxygens (including phenoxy) is 1. The lowest BCUT2D eigenvalue weighted by molar-refractivity contribution is -0.120. The molecule has 0 atom stereocenters. The van der Waals surface area contributed by atoms with Gasteiger partial charge in [-0.2, -0.15) is 5.26 Å². The van der Waals surface area contributed by atoms with E-state index in [4.69, 9.17) is 10.00 Å². The van der Waals surface area contributed by atoms with E-state index in [9.17, 15) is 4.79 Å². The van der Waals surface area contributed by atoms with Crippen LogP contribution in [0.2, 0.25) is 0 Å². The van der Waals surface area contributed by atoms with Crippen molar-refractivity contribution in [1.82, 2.24) is 15.6 Å². The van der Waals surface area contributed by atoms with E-state index < -0.39 is 0 Å². The van der Waals surface area contributed by atoms with Crippen LogP contribution in [0.5, 0.6) is 5.88 Å². The lowest BCUT2D eigenvalue weighted by Crippen LogP contribution is -2.33. The normalized spacial score (nSPS) is 9.41. The van der Waals surface area contributed by atoms with Gasteiger partial charge in [-0.3, -0.25) is 4.79 Å². The van der Waals surface area contributed by atoms with Gasteiger partial charge in [0.2, 0.25) is 11.8 Å². The molecule has 0 radical (unpaired) electrons. The summed E-state index contributed by atoms with van der Waals surface area (Å²) in [5.41, 5.74) is 0.977. The second-order valence-corrected chi connectivity index (χ2v) is 3.24. The summed E-state index contributed by atoms with van der Waals surface area (Å²) >= 11 is 0. The quantitative estimate of drug-likeness (QED) is 0.667. The number of pyridine rings is 1. The fourth-order valence-electron chi connectivity index (χ4n) is 1.19. The van der Waals surface area contributed by atoms with Crippen LogP contribution in [0.25, 0.3) is 0 Å². The molecule has 1 aromatic rings. The van der Waals surface area contributed by atoms with Crippen LogP contribution in [0.4, 0.5) is 0 Å². The van der Waals surface area contributed by atoms with Gasteiger partial charge in [0.05, 0.1) is 19.7 Å². The van der Waals surface area contributed by atoms with Crippen LogP contribution in [-0.2, 0) is 11.3 Å². The second kappa shape index (κ2) is 7.19. The van der Waals surface area contributed by atoms with Gasteiger partial charge in [0.1, 0.15) is 6.54 Å². The first-order chi connectivity index (χ1) is 8.26. The number of hydrogen-bond acceptors (Lipinski definition) is 5. The Kier molecular flexibility index (Phi) is 5.47. The highest BCUT2D eigenvalue weighted by molar-refractivity contribution is 5.78. The van der Waals surface area contributed by atoms with E-state index >= 15 is 0 Å². The Labute approximate surface area is 99.6 Å². The summed E-state index contributed by atoms with van der Waals surface area (Å²) in [7, 11) is 1.55. The zero-order valence-corrected chi connectivity index (χ0v) is 9.56. The van der Waals surface area contributed by atoms with Crippen LogP contribution >= 0.6 is 0 Å². The van der Waals surface area contributed by atoms with Gasteiger partial charge < -0.3 is 15.4 Å². The third-order valence-electron chi connectivity index (χ3n) is 1.99. The molecule has 17 heavy (non-hydrogen) atoms. The fraction of sp³-hybridized carbons (Fsp3) is 0.364. The van der Waals surface area contributed by atoms with Crippen molar-refractivity contribution < 1.29 is 9.53 Å². The van der Waals surface area contributed by atoms with Gasteiger partial charge in [-0.25, -0.2) is 4.98 Å². The first-order valence-electron chi connectivity index (χ1n) is 5.09. The molecule has 0 aliphatic rings. The van der Waals surface area contributed by atoms with E-state index in [1.165, 1.54) is 0 Å². The molecule has 90 valence electrons. The van der Waals surface area contributed by atoms with Gasteiger partial charge >= 0.3 is 0 Å². The number of nitrogens with zero attached hydrogens (tertiary/aromatic N) is 2. The van der Waals surface area contributed by atoms with Gasteiger partial charge in [-0.15, -0.1) is 0 Å². The Balaban J connectivity index is 2.30. The van der Waals surface area contributed by atoms with Crippen LogP contribution < -0.4 is 15.4 Å². The number of aromatic nitrogens is 1. The van der Waals surface area contributed by atoms with E-state index in [1.807, 2.05) is 12.1 Å². The molecule has 0 aliphatic carbocycles. The molecule has 6 heteroatoms. The fourth-order valence-corrected chi connectivity index (χ4v) is 1.19. The van der Waals surface area contributed by atoms with E-state index in [1.54, 1.807) is 19.4 Å². The van der Waals surface area contributed by atoms with Gasteiger partial charge in [-0.1, -0.05) is 0 Å². The third kappa shape index (κ3) is 4.95. The van der Waals surface area contributed by atoms with E-state index in [-0.39, 0.29) is 19.0 Å². The largest absolute Gasteiger partial charge is 0.481 e. The van der Waals surface area contributed by atoms with Crippen molar-refractivity contribution in [3.05, 3.63) is 23.9 Å². The topological polar surface area (TPSA) is 87.0 Å². The molecule has 1 heterocycles. The molecular formula is C11H14N4O2. The van der Waals surface area contributed by atoms with Gasteiger partial charge in [0, 0.05) is 18.8 Å². The van der Waals surface area contributed by atoms with Gasteiger partial charge in [-0.05, 0) is 11.6 Å². The second-order valence-electron chi connectivity index (χ2n) is 3.24. The molecule has 1 aromatic heterocycles. The number of hydrogen-bond donors (Lipinski definition) is 2. The maximum absolute atomic E-state index is 11.2. The number of nitriles is 1. The number of carbonyl (C=O) groups excluding carboxylic acids is 1. The molecule has 0 spiro atoms. The first kappa shape index (κ1) is 12.9. The zero-order valence-electron chi connectivity index (χ0n) is 9.56.